The van der Waals surface area contributed by atoms with E-state index in [0.717, 1.165) is 10.9 Å². The molecule has 2 aromatic rings. The summed E-state index contributed by atoms with van der Waals surface area (Å²) in [7, 11) is 0. The Balaban J connectivity index is 2.03. The van der Waals surface area contributed by atoms with E-state index in [-0.39, 0.29) is 11.5 Å². The van der Waals surface area contributed by atoms with Crippen LogP contribution in [0.3, 0.4) is 0 Å². The zero-order valence-corrected chi connectivity index (χ0v) is 11.7. The first-order valence-electron chi connectivity index (χ1n) is 6.16. The molecule has 0 spiro atoms. The van der Waals surface area contributed by atoms with E-state index in [2.05, 4.69) is 5.32 Å². The maximum absolute atomic E-state index is 12.8. The molecular formula is C14H13F3N2OS. The summed E-state index contributed by atoms with van der Waals surface area (Å²) in [6, 6.07) is 9.34. The minimum absolute atomic E-state index is 0.125. The molecule has 0 atom stereocenters. The summed E-state index contributed by atoms with van der Waals surface area (Å²) < 4.78 is 38.3. The highest BCUT2D eigenvalue weighted by Crippen LogP contribution is 2.38. The Kier molecular flexibility index (Phi) is 4.52. The molecule has 0 saturated heterocycles. The van der Waals surface area contributed by atoms with Crippen molar-refractivity contribution in [3.8, 4) is 0 Å². The summed E-state index contributed by atoms with van der Waals surface area (Å²) in [6.45, 7) is 0.245. The molecule has 1 heterocycles. The van der Waals surface area contributed by atoms with E-state index in [4.69, 9.17) is 5.73 Å². The summed E-state index contributed by atoms with van der Waals surface area (Å²) >= 11 is 0.713. The van der Waals surface area contributed by atoms with Crippen LogP contribution in [0.4, 0.5) is 18.2 Å². The van der Waals surface area contributed by atoms with Gasteiger partial charge in [0.15, 0.2) is 0 Å². The highest BCUT2D eigenvalue weighted by Gasteiger charge is 2.37. The first-order valence-corrected chi connectivity index (χ1v) is 7.04. The summed E-state index contributed by atoms with van der Waals surface area (Å²) in [5.74, 6) is -0.794. The SMILES string of the molecule is Nc1scc(C(F)(F)F)c1C(=O)NCCc1ccccc1. The van der Waals surface area contributed by atoms with Crippen molar-refractivity contribution in [2.24, 2.45) is 0 Å². The van der Waals surface area contributed by atoms with Crippen molar-refractivity contribution in [1.29, 1.82) is 0 Å². The second-order valence-corrected chi connectivity index (χ2v) is 5.29. The first-order chi connectivity index (χ1) is 9.89. The minimum atomic E-state index is -4.58. The molecule has 1 amide bonds. The number of hydrogen-bond acceptors (Lipinski definition) is 3. The molecule has 3 nitrogen and oxygen atoms in total. The summed E-state index contributed by atoms with van der Waals surface area (Å²) in [5, 5.41) is 3.21. The molecule has 0 aliphatic carbocycles. The number of nitrogens with two attached hydrogens (primary N) is 1. The van der Waals surface area contributed by atoms with E-state index in [0.29, 0.717) is 17.8 Å². The number of nitrogens with one attached hydrogen (secondary N) is 1. The number of carbonyl (C=O) groups excluding carboxylic acids is 1. The van der Waals surface area contributed by atoms with Gasteiger partial charge in [-0.1, -0.05) is 30.3 Å². The molecule has 21 heavy (non-hydrogen) atoms. The fourth-order valence-corrected chi connectivity index (χ4v) is 2.69. The molecule has 7 heteroatoms. The van der Waals surface area contributed by atoms with Crippen molar-refractivity contribution in [1.82, 2.24) is 5.32 Å². The maximum Gasteiger partial charge on any atom is 0.418 e. The number of anilines is 1. The van der Waals surface area contributed by atoms with Crippen LogP contribution in [0.2, 0.25) is 0 Å². The smallest absolute Gasteiger partial charge is 0.390 e. The average Bonchev–Trinajstić information content (AvgIpc) is 2.82. The van der Waals surface area contributed by atoms with Gasteiger partial charge in [0.2, 0.25) is 0 Å². The molecule has 0 aliphatic heterocycles. The third-order valence-corrected chi connectivity index (χ3v) is 3.71. The number of halogens is 3. The van der Waals surface area contributed by atoms with Gasteiger partial charge in [-0.05, 0) is 12.0 Å². The van der Waals surface area contributed by atoms with E-state index in [1.54, 1.807) is 0 Å². The van der Waals surface area contributed by atoms with Crippen LogP contribution in [0.25, 0.3) is 0 Å². The lowest BCUT2D eigenvalue weighted by Crippen LogP contribution is -2.28. The van der Waals surface area contributed by atoms with Crippen molar-refractivity contribution in [2.45, 2.75) is 12.6 Å². The van der Waals surface area contributed by atoms with Crippen molar-refractivity contribution in [3.63, 3.8) is 0 Å². The van der Waals surface area contributed by atoms with Crippen LogP contribution < -0.4 is 11.1 Å². The third kappa shape index (κ3) is 3.75. The number of hydrogen-bond donors (Lipinski definition) is 2. The molecule has 2 rings (SSSR count). The van der Waals surface area contributed by atoms with E-state index >= 15 is 0 Å². The van der Waals surface area contributed by atoms with Crippen molar-refractivity contribution >= 4 is 22.2 Å². The predicted octanol–water partition coefficient (Wildman–Crippen LogP) is 3.32. The lowest BCUT2D eigenvalue weighted by Gasteiger charge is -2.09. The number of alkyl halides is 3. The average molecular weight is 314 g/mol. The van der Waals surface area contributed by atoms with Crippen molar-refractivity contribution < 1.29 is 18.0 Å². The number of thiophene rings is 1. The van der Waals surface area contributed by atoms with Gasteiger partial charge in [-0.15, -0.1) is 11.3 Å². The Morgan fingerprint density at radius 3 is 2.52 bits per heavy atom. The van der Waals surface area contributed by atoms with E-state index in [1.807, 2.05) is 30.3 Å². The van der Waals surface area contributed by atoms with Gasteiger partial charge in [0.05, 0.1) is 16.1 Å². The van der Waals surface area contributed by atoms with E-state index in [9.17, 15) is 18.0 Å². The molecule has 0 radical (unpaired) electrons. The van der Waals surface area contributed by atoms with Gasteiger partial charge < -0.3 is 11.1 Å². The maximum atomic E-state index is 12.8. The van der Waals surface area contributed by atoms with Gasteiger partial charge in [-0.2, -0.15) is 13.2 Å². The second-order valence-electron chi connectivity index (χ2n) is 4.38. The molecule has 0 aliphatic rings. The van der Waals surface area contributed by atoms with E-state index in [1.165, 1.54) is 0 Å². The standard InChI is InChI=1S/C14H13F3N2OS/c15-14(16,17)10-8-21-12(18)11(10)13(20)19-7-6-9-4-2-1-3-5-9/h1-5,8H,6-7,18H2,(H,19,20). The summed E-state index contributed by atoms with van der Waals surface area (Å²) in [5.41, 5.74) is 5.00. The van der Waals surface area contributed by atoms with Crippen molar-refractivity contribution in [2.75, 3.05) is 12.3 Å². The number of amides is 1. The monoisotopic (exact) mass is 314 g/mol. The van der Waals surface area contributed by atoms with Gasteiger partial charge in [-0.3, -0.25) is 4.79 Å². The molecule has 0 fully saturated rings. The van der Waals surface area contributed by atoms with Crippen LogP contribution in [-0.2, 0) is 12.6 Å². The molecule has 112 valence electrons. The van der Waals surface area contributed by atoms with Gasteiger partial charge >= 0.3 is 6.18 Å². The first kappa shape index (κ1) is 15.4. The highest BCUT2D eigenvalue weighted by molar-refractivity contribution is 7.14. The molecule has 0 bridgehead atoms. The fraction of sp³-hybridized carbons (Fsp3) is 0.214. The Bertz CT molecular complexity index is 623. The van der Waals surface area contributed by atoms with Crippen LogP contribution in [0.5, 0.6) is 0 Å². The quantitative estimate of drug-likeness (QED) is 0.909. The predicted molar refractivity (Wildman–Crippen MR) is 76.2 cm³/mol. The Morgan fingerprint density at radius 1 is 1.24 bits per heavy atom. The largest absolute Gasteiger partial charge is 0.418 e. The van der Waals surface area contributed by atoms with Crippen LogP contribution in [0, 0.1) is 0 Å². The van der Waals surface area contributed by atoms with Gasteiger partial charge in [-0.25, -0.2) is 0 Å². The number of nitrogen functional groups attached to an aromatic ring is 1. The molecule has 0 saturated carbocycles. The number of rotatable bonds is 4. The number of carbonyl (C=O) groups is 1. The normalized spacial score (nSPS) is 11.4. The summed E-state index contributed by atoms with van der Waals surface area (Å²) in [6.07, 6.45) is -4.04. The molecule has 1 aromatic heterocycles. The molecule has 1 aromatic carbocycles. The summed E-state index contributed by atoms with van der Waals surface area (Å²) in [4.78, 5) is 11.9. The Labute approximate surface area is 123 Å². The van der Waals surface area contributed by atoms with Gasteiger partial charge in [0.1, 0.15) is 0 Å². The van der Waals surface area contributed by atoms with Crippen LogP contribution >= 0.6 is 11.3 Å². The third-order valence-electron chi connectivity index (χ3n) is 2.89. The molecule has 0 unspecified atom stereocenters. The van der Waals surface area contributed by atoms with Crippen LogP contribution in [0.1, 0.15) is 21.5 Å². The minimum Gasteiger partial charge on any atom is -0.390 e. The molecular weight excluding hydrogens is 301 g/mol. The van der Waals surface area contributed by atoms with Crippen LogP contribution in [0.15, 0.2) is 35.7 Å². The highest BCUT2D eigenvalue weighted by atomic mass is 32.1. The number of benzene rings is 1. The fourth-order valence-electron chi connectivity index (χ4n) is 1.87. The van der Waals surface area contributed by atoms with E-state index < -0.39 is 23.2 Å². The topological polar surface area (TPSA) is 55.1 Å². The van der Waals surface area contributed by atoms with Crippen molar-refractivity contribution in [3.05, 3.63) is 52.4 Å². The zero-order valence-electron chi connectivity index (χ0n) is 10.9. The lowest BCUT2D eigenvalue weighted by molar-refractivity contribution is -0.137. The zero-order chi connectivity index (χ0) is 15.5. The lowest BCUT2D eigenvalue weighted by atomic mass is 10.1. The Morgan fingerprint density at radius 2 is 1.90 bits per heavy atom. The Hall–Kier alpha value is -2.02. The second kappa shape index (κ2) is 6.17. The van der Waals surface area contributed by atoms with Gasteiger partial charge in [0.25, 0.3) is 5.91 Å². The van der Waals surface area contributed by atoms with Gasteiger partial charge in [0, 0.05) is 11.9 Å². The van der Waals surface area contributed by atoms with Crippen LogP contribution in [-0.4, -0.2) is 12.5 Å². The molecule has 3 N–H and O–H groups in total.